The maximum Gasteiger partial charge on any atom is 0.244 e. The topological polar surface area (TPSA) is 79.9 Å². The van der Waals surface area contributed by atoms with Crippen LogP contribution in [0, 0.1) is 0 Å². The largest absolute Gasteiger partial charge is 0.497 e. The van der Waals surface area contributed by atoms with Gasteiger partial charge in [-0.2, -0.15) is 5.10 Å². The van der Waals surface area contributed by atoms with E-state index in [1.54, 1.807) is 13.2 Å². The van der Waals surface area contributed by atoms with Crippen LogP contribution < -0.4 is 10.1 Å². The number of H-pyrrole nitrogens is 1. The van der Waals surface area contributed by atoms with E-state index in [9.17, 15) is 4.79 Å². The molecule has 19 heavy (non-hydrogen) atoms. The summed E-state index contributed by atoms with van der Waals surface area (Å²) in [6.45, 7) is 0.321. The molecule has 6 heteroatoms. The summed E-state index contributed by atoms with van der Waals surface area (Å²) in [7, 11) is 1.60. The summed E-state index contributed by atoms with van der Waals surface area (Å²) < 4.78 is 5.10. The van der Waals surface area contributed by atoms with E-state index >= 15 is 0 Å². The van der Waals surface area contributed by atoms with Gasteiger partial charge in [-0.25, -0.2) is 4.98 Å². The molecule has 1 amide bonds. The lowest BCUT2D eigenvalue weighted by atomic mass is 10.2. The van der Waals surface area contributed by atoms with E-state index in [1.807, 2.05) is 24.3 Å². The van der Waals surface area contributed by atoms with E-state index in [4.69, 9.17) is 4.74 Å². The van der Waals surface area contributed by atoms with Crippen molar-refractivity contribution < 1.29 is 9.53 Å². The number of hydrogen-bond acceptors (Lipinski definition) is 4. The lowest BCUT2D eigenvalue weighted by molar-refractivity contribution is -0.116. The van der Waals surface area contributed by atoms with Crippen molar-refractivity contribution in [2.75, 3.05) is 7.11 Å². The monoisotopic (exact) mass is 258 g/mol. The van der Waals surface area contributed by atoms with Crippen LogP contribution in [-0.2, 0) is 11.3 Å². The van der Waals surface area contributed by atoms with Crippen LogP contribution in [0.4, 0.5) is 0 Å². The van der Waals surface area contributed by atoms with Crippen molar-refractivity contribution in [2.45, 2.75) is 6.54 Å². The van der Waals surface area contributed by atoms with Gasteiger partial charge in [0.15, 0.2) is 0 Å². The molecule has 0 spiro atoms. The van der Waals surface area contributed by atoms with Gasteiger partial charge in [0.1, 0.15) is 17.9 Å². The lowest BCUT2D eigenvalue weighted by Crippen LogP contribution is -2.20. The number of nitrogens with one attached hydrogen (secondary N) is 2. The summed E-state index contributed by atoms with van der Waals surface area (Å²) in [5, 5.41) is 9.05. The van der Waals surface area contributed by atoms with Crippen molar-refractivity contribution in [1.82, 2.24) is 20.5 Å². The van der Waals surface area contributed by atoms with E-state index in [2.05, 4.69) is 20.5 Å². The summed E-state index contributed by atoms with van der Waals surface area (Å²) >= 11 is 0. The molecule has 0 saturated carbocycles. The summed E-state index contributed by atoms with van der Waals surface area (Å²) in [6, 6.07) is 7.45. The average Bonchev–Trinajstić information content (AvgIpc) is 2.96. The standard InChI is InChI=1S/C13H14N4O2/c1-19-11-4-2-3-10(7-11)5-6-13(18)14-8-12-15-9-16-17-12/h2-7,9H,8H2,1H3,(H,14,18)(H,15,16,17)/b6-5+. The van der Waals surface area contributed by atoms with Gasteiger partial charge in [0.05, 0.1) is 13.7 Å². The molecule has 1 aromatic carbocycles. The number of amides is 1. The Morgan fingerprint density at radius 3 is 3.16 bits per heavy atom. The van der Waals surface area contributed by atoms with Crippen LogP contribution >= 0.6 is 0 Å². The fraction of sp³-hybridized carbons (Fsp3) is 0.154. The van der Waals surface area contributed by atoms with E-state index in [-0.39, 0.29) is 5.91 Å². The predicted octanol–water partition coefficient (Wildman–Crippen LogP) is 1.14. The maximum absolute atomic E-state index is 11.6. The first kappa shape index (κ1) is 12.8. The molecule has 0 atom stereocenters. The zero-order valence-corrected chi connectivity index (χ0v) is 10.5. The van der Waals surface area contributed by atoms with Crippen molar-refractivity contribution in [1.29, 1.82) is 0 Å². The zero-order valence-electron chi connectivity index (χ0n) is 10.5. The highest BCUT2D eigenvalue weighted by Crippen LogP contribution is 2.13. The number of methoxy groups -OCH3 is 1. The Kier molecular flexibility index (Phi) is 4.28. The quantitative estimate of drug-likeness (QED) is 0.788. The molecule has 0 radical (unpaired) electrons. The second kappa shape index (κ2) is 6.34. The molecule has 0 aliphatic carbocycles. The van der Waals surface area contributed by atoms with Gasteiger partial charge in [0.2, 0.25) is 5.91 Å². The number of carbonyl (C=O) groups is 1. The lowest BCUT2D eigenvalue weighted by Gasteiger charge is -2.00. The summed E-state index contributed by atoms with van der Waals surface area (Å²) in [5.74, 6) is 1.17. The van der Waals surface area contributed by atoms with Gasteiger partial charge in [0.25, 0.3) is 0 Å². The smallest absolute Gasteiger partial charge is 0.244 e. The molecule has 2 N–H and O–H groups in total. The maximum atomic E-state index is 11.6. The third-order valence-corrected chi connectivity index (χ3v) is 2.42. The molecule has 1 heterocycles. The Hall–Kier alpha value is -2.63. The van der Waals surface area contributed by atoms with Gasteiger partial charge in [-0.05, 0) is 23.8 Å². The van der Waals surface area contributed by atoms with E-state index < -0.39 is 0 Å². The first-order valence-corrected chi connectivity index (χ1v) is 5.72. The first-order valence-electron chi connectivity index (χ1n) is 5.72. The Bertz CT molecular complexity index is 564. The van der Waals surface area contributed by atoms with Gasteiger partial charge < -0.3 is 10.1 Å². The van der Waals surface area contributed by atoms with Crippen LogP contribution in [0.15, 0.2) is 36.7 Å². The van der Waals surface area contributed by atoms with Crippen LogP contribution in [0.2, 0.25) is 0 Å². The molecule has 6 nitrogen and oxygen atoms in total. The van der Waals surface area contributed by atoms with Crippen LogP contribution in [0.3, 0.4) is 0 Å². The van der Waals surface area contributed by atoms with Crippen molar-refractivity contribution in [3.63, 3.8) is 0 Å². The van der Waals surface area contributed by atoms with E-state index in [1.165, 1.54) is 12.4 Å². The van der Waals surface area contributed by atoms with E-state index in [0.29, 0.717) is 12.4 Å². The Balaban J connectivity index is 1.88. The molecule has 0 aliphatic heterocycles. The SMILES string of the molecule is COc1cccc(/C=C/C(=O)NCc2ncn[nH]2)c1. The zero-order chi connectivity index (χ0) is 13.5. The number of ether oxygens (including phenoxy) is 1. The van der Waals surface area contributed by atoms with Gasteiger partial charge in [0, 0.05) is 6.08 Å². The van der Waals surface area contributed by atoms with Gasteiger partial charge >= 0.3 is 0 Å². The predicted molar refractivity (Wildman–Crippen MR) is 70.3 cm³/mol. The molecule has 2 aromatic rings. The molecule has 98 valence electrons. The van der Waals surface area contributed by atoms with Crippen LogP contribution in [0.25, 0.3) is 6.08 Å². The molecule has 0 bridgehead atoms. The average molecular weight is 258 g/mol. The summed E-state index contributed by atoms with van der Waals surface area (Å²) in [4.78, 5) is 15.5. The number of hydrogen-bond donors (Lipinski definition) is 2. The van der Waals surface area contributed by atoms with Crippen molar-refractivity contribution in [3.05, 3.63) is 48.1 Å². The number of aromatic amines is 1. The van der Waals surface area contributed by atoms with Gasteiger partial charge in [-0.15, -0.1) is 0 Å². The van der Waals surface area contributed by atoms with Crippen molar-refractivity contribution >= 4 is 12.0 Å². The van der Waals surface area contributed by atoms with Crippen LogP contribution in [0.1, 0.15) is 11.4 Å². The van der Waals surface area contributed by atoms with Crippen molar-refractivity contribution in [2.24, 2.45) is 0 Å². The number of rotatable bonds is 5. The highest BCUT2D eigenvalue weighted by atomic mass is 16.5. The normalized spacial score (nSPS) is 10.6. The minimum atomic E-state index is -0.195. The van der Waals surface area contributed by atoms with Gasteiger partial charge in [-0.1, -0.05) is 12.1 Å². The molecule has 0 unspecified atom stereocenters. The Morgan fingerprint density at radius 1 is 1.53 bits per heavy atom. The summed E-state index contributed by atoms with van der Waals surface area (Å²) in [6.07, 6.45) is 4.58. The number of nitrogens with zero attached hydrogens (tertiary/aromatic N) is 2. The Morgan fingerprint density at radius 2 is 2.42 bits per heavy atom. The number of aromatic nitrogens is 3. The second-order valence-corrected chi connectivity index (χ2v) is 3.76. The molecule has 0 fully saturated rings. The third-order valence-electron chi connectivity index (χ3n) is 2.42. The molecular formula is C13H14N4O2. The Labute approximate surface area is 110 Å². The number of carbonyl (C=O) groups excluding carboxylic acids is 1. The first-order chi connectivity index (χ1) is 9.28. The van der Waals surface area contributed by atoms with Gasteiger partial charge in [-0.3, -0.25) is 9.89 Å². The highest BCUT2D eigenvalue weighted by Gasteiger charge is 1.98. The highest BCUT2D eigenvalue weighted by molar-refractivity contribution is 5.91. The molecule has 2 rings (SSSR count). The van der Waals surface area contributed by atoms with Crippen LogP contribution in [-0.4, -0.2) is 28.2 Å². The van der Waals surface area contributed by atoms with Crippen LogP contribution in [0.5, 0.6) is 5.75 Å². The number of benzene rings is 1. The second-order valence-electron chi connectivity index (χ2n) is 3.76. The fourth-order valence-electron chi connectivity index (χ4n) is 1.46. The molecule has 0 saturated heterocycles. The molecule has 0 aliphatic rings. The fourth-order valence-corrected chi connectivity index (χ4v) is 1.46. The van der Waals surface area contributed by atoms with Crippen molar-refractivity contribution in [3.8, 4) is 5.75 Å². The molecule has 1 aromatic heterocycles. The third kappa shape index (κ3) is 3.95. The minimum absolute atomic E-state index is 0.195. The minimum Gasteiger partial charge on any atom is -0.497 e. The summed E-state index contributed by atoms with van der Waals surface area (Å²) in [5.41, 5.74) is 0.897. The molecular weight excluding hydrogens is 244 g/mol. The van der Waals surface area contributed by atoms with E-state index in [0.717, 1.165) is 11.3 Å².